The molecule has 0 spiro atoms. The van der Waals surface area contributed by atoms with Gasteiger partial charge in [-0.3, -0.25) is 0 Å². The summed E-state index contributed by atoms with van der Waals surface area (Å²) in [6.45, 7) is 6.06. The molecule has 0 amide bonds. The van der Waals surface area contributed by atoms with Gasteiger partial charge in [-0.25, -0.2) is 9.59 Å². The van der Waals surface area contributed by atoms with Crippen LogP contribution < -0.4 is 0 Å². The third-order valence-corrected chi connectivity index (χ3v) is 7.21. The largest absolute Gasteiger partial charge is 0.460 e. The number of hydrogen-bond donors (Lipinski definition) is 0. The number of hydrogen-bond acceptors (Lipinski definition) is 5. The highest BCUT2D eigenvalue weighted by Gasteiger charge is 2.33. The molecule has 3 rings (SSSR count). The molecule has 0 aliphatic heterocycles. The lowest BCUT2D eigenvalue weighted by atomic mass is 9.75. The van der Waals surface area contributed by atoms with Gasteiger partial charge in [0.15, 0.2) is 6.61 Å². The average Bonchev–Trinajstić information content (AvgIpc) is 2.95. The molecule has 0 unspecified atom stereocenters. The first-order valence-electron chi connectivity index (χ1n) is 9.50. The predicted octanol–water partition coefficient (Wildman–Crippen LogP) is 6.37. The van der Waals surface area contributed by atoms with Gasteiger partial charge in [0, 0.05) is 15.1 Å². The summed E-state index contributed by atoms with van der Waals surface area (Å²) in [4.78, 5) is 24.9. The van der Waals surface area contributed by atoms with Crippen molar-refractivity contribution < 1.29 is 19.1 Å². The van der Waals surface area contributed by atoms with Gasteiger partial charge in [0.25, 0.3) is 0 Å². The summed E-state index contributed by atoms with van der Waals surface area (Å²) in [5.41, 5.74) is 0. The summed E-state index contributed by atoms with van der Waals surface area (Å²) in [5.74, 6) is 0.171. The van der Waals surface area contributed by atoms with E-state index in [0.717, 1.165) is 29.3 Å². The van der Waals surface area contributed by atoms with Gasteiger partial charge in [0.1, 0.15) is 11.0 Å². The SMILES string of the molecule is CC(C)[C@H]1CC[C@@H](C)C[C@H]1OC(=O)COC(=O)c1sc2cc(Cl)ccc2c1Cl. The Balaban J connectivity index is 1.61. The van der Waals surface area contributed by atoms with E-state index in [1.54, 1.807) is 18.2 Å². The van der Waals surface area contributed by atoms with Crippen LogP contribution in [0.4, 0.5) is 0 Å². The number of carbonyl (C=O) groups is 2. The molecule has 1 aliphatic rings. The smallest absolute Gasteiger partial charge is 0.350 e. The highest BCUT2D eigenvalue weighted by Crippen LogP contribution is 2.37. The number of esters is 2. The number of carbonyl (C=O) groups excluding carboxylic acids is 2. The summed E-state index contributed by atoms with van der Waals surface area (Å²) < 4.78 is 11.6. The summed E-state index contributed by atoms with van der Waals surface area (Å²) in [6, 6.07) is 5.22. The van der Waals surface area contributed by atoms with Crippen LogP contribution in [0.1, 0.15) is 49.7 Å². The van der Waals surface area contributed by atoms with Crippen molar-refractivity contribution in [3.63, 3.8) is 0 Å². The van der Waals surface area contributed by atoms with Crippen molar-refractivity contribution in [2.45, 2.75) is 46.1 Å². The van der Waals surface area contributed by atoms with Crippen LogP contribution in [0.5, 0.6) is 0 Å². The molecule has 1 heterocycles. The van der Waals surface area contributed by atoms with E-state index in [9.17, 15) is 9.59 Å². The molecule has 0 saturated heterocycles. The van der Waals surface area contributed by atoms with Gasteiger partial charge in [-0.2, -0.15) is 0 Å². The molecule has 1 aromatic heterocycles. The van der Waals surface area contributed by atoms with Crippen molar-refractivity contribution in [3.05, 3.63) is 33.1 Å². The summed E-state index contributed by atoms with van der Waals surface area (Å²) in [6.07, 6.45) is 2.94. The van der Waals surface area contributed by atoms with E-state index in [4.69, 9.17) is 32.7 Å². The minimum atomic E-state index is -0.628. The Morgan fingerprint density at radius 3 is 2.71 bits per heavy atom. The van der Waals surface area contributed by atoms with Crippen LogP contribution in [0.3, 0.4) is 0 Å². The lowest BCUT2D eigenvalue weighted by Gasteiger charge is -2.36. The monoisotopic (exact) mass is 442 g/mol. The second-order valence-electron chi connectivity index (χ2n) is 7.82. The molecule has 4 nitrogen and oxygen atoms in total. The maximum Gasteiger partial charge on any atom is 0.350 e. The average molecular weight is 443 g/mol. The zero-order chi connectivity index (χ0) is 20.4. The summed E-state index contributed by atoms with van der Waals surface area (Å²) in [5, 5.41) is 1.62. The molecule has 2 aromatic rings. The van der Waals surface area contributed by atoms with Gasteiger partial charge in [0.2, 0.25) is 0 Å². The Kier molecular flexibility index (Phi) is 6.89. The normalized spacial score (nSPS) is 22.4. The first-order valence-corrected chi connectivity index (χ1v) is 11.1. The lowest BCUT2D eigenvalue weighted by Crippen LogP contribution is -2.36. The Morgan fingerprint density at radius 1 is 1.25 bits per heavy atom. The van der Waals surface area contributed by atoms with E-state index in [1.807, 2.05) is 0 Å². The van der Waals surface area contributed by atoms with Crippen LogP contribution in [0.25, 0.3) is 10.1 Å². The number of rotatable bonds is 5. The van der Waals surface area contributed by atoms with Gasteiger partial charge in [-0.05, 0) is 42.7 Å². The van der Waals surface area contributed by atoms with E-state index in [-0.39, 0.29) is 11.0 Å². The molecule has 1 aromatic carbocycles. The fourth-order valence-electron chi connectivity index (χ4n) is 3.81. The molecule has 1 fully saturated rings. The third-order valence-electron chi connectivity index (χ3n) is 5.34. The van der Waals surface area contributed by atoms with E-state index in [0.29, 0.717) is 27.8 Å². The van der Waals surface area contributed by atoms with Crippen LogP contribution in [-0.2, 0) is 14.3 Å². The van der Waals surface area contributed by atoms with Crippen LogP contribution in [0, 0.1) is 17.8 Å². The Morgan fingerprint density at radius 2 is 2.00 bits per heavy atom. The van der Waals surface area contributed by atoms with Crippen molar-refractivity contribution in [2.75, 3.05) is 6.61 Å². The topological polar surface area (TPSA) is 52.6 Å². The lowest BCUT2D eigenvalue weighted by molar-refractivity contribution is -0.159. The number of ether oxygens (including phenoxy) is 2. The van der Waals surface area contributed by atoms with Crippen molar-refractivity contribution in [2.24, 2.45) is 17.8 Å². The quantitative estimate of drug-likeness (QED) is 0.504. The van der Waals surface area contributed by atoms with Crippen molar-refractivity contribution in [1.82, 2.24) is 0 Å². The van der Waals surface area contributed by atoms with Crippen molar-refractivity contribution in [3.8, 4) is 0 Å². The number of halogens is 2. The van der Waals surface area contributed by atoms with E-state index in [1.165, 1.54) is 11.3 Å². The molecule has 28 heavy (non-hydrogen) atoms. The van der Waals surface area contributed by atoms with Crippen LogP contribution in [-0.4, -0.2) is 24.6 Å². The molecule has 0 radical (unpaired) electrons. The summed E-state index contributed by atoms with van der Waals surface area (Å²) in [7, 11) is 0. The first kappa shape index (κ1) is 21.4. The molecule has 1 aliphatic carbocycles. The molecule has 0 bridgehead atoms. The van der Waals surface area contributed by atoms with Gasteiger partial charge < -0.3 is 9.47 Å². The van der Waals surface area contributed by atoms with Crippen LogP contribution in [0.2, 0.25) is 10.0 Å². The van der Waals surface area contributed by atoms with Gasteiger partial charge in [0.05, 0.1) is 5.02 Å². The molecular weight excluding hydrogens is 419 g/mol. The number of thiophene rings is 1. The maximum absolute atomic E-state index is 12.4. The first-order chi connectivity index (χ1) is 13.3. The Hall–Kier alpha value is -1.30. The second kappa shape index (κ2) is 9.02. The zero-order valence-corrected chi connectivity index (χ0v) is 18.5. The molecule has 1 saturated carbocycles. The third kappa shape index (κ3) is 4.81. The molecular formula is C21H24Cl2O4S. The van der Waals surface area contributed by atoms with Crippen LogP contribution >= 0.6 is 34.5 Å². The van der Waals surface area contributed by atoms with Crippen molar-refractivity contribution >= 4 is 56.6 Å². The number of benzene rings is 1. The minimum Gasteiger partial charge on any atom is -0.460 e. The number of fused-ring (bicyclic) bond motifs is 1. The molecule has 152 valence electrons. The Labute approximate surface area is 179 Å². The second-order valence-corrected chi connectivity index (χ2v) is 9.68. The van der Waals surface area contributed by atoms with E-state index in [2.05, 4.69) is 20.8 Å². The summed E-state index contributed by atoms with van der Waals surface area (Å²) >= 11 is 13.5. The van der Waals surface area contributed by atoms with E-state index >= 15 is 0 Å². The van der Waals surface area contributed by atoms with Gasteiger partial charge in [-0.15, -0.1) is 11.3 Å². The van der Waals surface area contributed by atoms with Crippen LogP contribution in [0.15, 0.2) is 18.2 Å². The zero-order valence-electron chi connectivity index (χ0n) is 16.2. The highest BCUT2D eigenvalue weighted by molar-refractivity contribution is 7.21. The maximum atomic E-state index is 12.4. The van der Waals surface area contributed by atoms with Crippen molar-refractivity contribution in [1.29, 1.82) is 0 Å². The predicted molar refractivity (Wildman–Crippen MR) is 113 cm³/mol. The molecule has 3 atom stereocenters. The molecule has 0 N–H and O–H groups in total. The minimum absolute atomic E-state index is 0.120. The van der Waals surface area contributed by atoms with E-state index < -0.39 is 18.5 Å². The van der Waals surface area contributed by atoms with Gasteiger partial charge in [-0.1, -0.05) is 56.5 Å². The highest BCUT2D eigenvalue weighted by atomic mass is 35.5. The standard InChI is InChI=1S/C21H24Cl2O4S/c1-11(2)14-6-4-12(3)8-16(14)27-18(24)10-26-21(25)20-19(23)15-7-5-13(22)9-17(15)28-20/h5,7,9,11-12,14,16H,4,6,8,10H2,1-3H3/t12-,14-,16-/m1/s1. The fourth-order valence-corrected chi connectivity index (χ4v) is 5.49. The molecule has 7 heteroatoms. The van der Waals surface area contributed by atoms with Gasteiger partial charge >= 0.3 is 11.9 Å². The Bertz CT molecular complexity index is 877. The fraction of sp³-hybridized carbons (Fsp3) is 0.524.